The van der Waals surface area contributed by atoms with Crippen LogP contribution in [-0.2, 0) is 11.3 Å². The van der Waals surface area contributed by atoms with Crippen molar-refractivity contribution in [3.05, 3.63) is 29.8 Å². The van der Waals surface area contributed by atoms with E-state index in [2.05, 4.69) is 10.1 Å². The summed E-state index contributed by atoms with van der Waals surface area (Å²) in [6.45, 7) is -0.303. The summed E-state index contributed by atoms with van der Waals surface area (Å²) in [5.41, 5.74) is 6.05. The van der Waals surface area contributed by atoms with Crippen LogP contribution in [-0.4, -0.2) is 19.1 Å². The number of ether oxygens (including phenoxy) is 1. The van der Waals surface area contributed by atoms with Crippen LogP contribution in [0.2, 0.25) is 0 Å². The topological polar surface area (TPSA) is 64.4 Å². The lowest BCUT2D eigenvalue weighted by atomic mass is 10.0. The van der Waals surface area contributed by atoms with E-state index in [0.29, 0.717) is 18.5 Å². The predicted octanol–water partition coefficient (Wildman–Crippen LogP) is 2.28. The van der Waals surface area contributed by atoms with Crippen molar-refractivity contribution in [2.45, 2.75) is 32.9 Å². The summed E-state index contributed by atoms with van der Waals surface area (Å²) in [6.07, 6.45) is 1.17. The second-order valence-corrected chi connectivity index (χ2v) is 4.48. The van der Waals surface area contributed by atoms with Gasteiger partial charge in [0, 0.05) is 18.5 Å². The number of carbonyl (C=O) groups is 1. The second kappa shape index (κ2) is 8.47. The molecule has 1 rings (SSSR count). The Bertz CT molecular complexity index is 423. The van der Waals surface area contributed by atoms with Gasteiger partial charge >= 0.3 is 6.61 Å². The molecule has 0 bridgehead atoms. The van der Waals surface area contributed by atoms with Gasteiger partial charge in [-0.05, 0) is 18.5 Å². The van der Waals surface area contributed by atoms with Gasteiger partial charge in [-0.1, -0.05) is 31.5 Å². The van der Waals surface area contributed by atoms with Gasteiger partial charge in [-0.3, -0.25) is 4.79 Å². The molecule has 0 aliphatic carbocycles. The minimum absolute atomic E-state index is 0.0775. The van der Waals surface area contributed by atoms with E-state index in [4.69, 9.17) is 5.73 Å². The Labute approximate surface area is 117 Å². The van der Waals surface area contributed by atoms with E-state index in [-0.39, 0.29) is 24.1 Å². The highest BCUT2D eigenvalue weighted by Gasteiger charge is 2.12. The number of nitrogens with one attached hydrogen (secondary N) is 1. The van der Waals surface area contributed by atoms with Gasteiger partial charge in [0.15, 0.2) is 0 Å². The second-order valence-electron chi connectivity index (χ2n) is 4.48. The van der Waals surface area contributed by atoms with Crippen molar-refractivity contribution in [2.24, 2.45) is 11.7 Å². The minimum atomic E-state index is -2.88. The molecular formula is C14H20F2N2O2. The average molecular weight is 286 g/mol. The SMILES string of the molecule is CCC(CN)CC(=O)NCc1ccccc1OC(F)F. The third-order valence-corrected chi connectivity index (χ3v) is 3.05. The minimum Gasteiger partial charge on any atom is -0.434 e. The Morgan fingerprint density at radius 3 is 2.70 bits per heavy atom. The molecule has 4 nitrogen and oxygen atoms in total. The first-order valence-corrected chi connectivity index (χ1v) is 6.56. The van der Waals surface area contributed by atoms with Gasteiger partial charge in [0.05, 0.1) is 0 Å². The summed E-state index contributed by atoms with van der Waals surface area (Å²) in [5, 5.41) is 2.69. The zero-order chi connectivity index (χ0) is 15.0. The van der Waals surface area contributed by atoms with Crippen molar-refractivity contribution in [2.75, 3.05) is 6.54 Å². The number of halogens is 2. The van der Waals surface area contributed by atoms with Crippen molar-refractivity contribution in [1.29, 1.82) is 0 Å². The molecule has 1 atom stereocenters. The Balaban J connectivity index is 2.54. The standard InChI is InChI=1S/C14H20F2N2O2/c1-2-10(8-17)7-13(19)18-9-11-5-3-4-6-12(11)20-14(15)16/h3-6,10,14H,2,7-9,17H2,1H3,(H,18,19). The van der Waals surface area contributed by atoms with Gasteiger partial charge in [0.1, 0.15) is 5.75 Å². The fourth-order valence-corrected chi connectivity index (χ4v) is 1.78. The maximum absolute atomic E-state index is 12.2. The van der Waals surface area contributed by atoms with Gasteiger partial charge in [-0.15, -0.1) is 0 Å². The molecule has 1 aromatic rings. The van der Waals surface area contributed by atoms with Crippen molar-refractivity contribution >= 4 is 5.91 Å². The van der Waals surface area contributed by atoms with Crippen LogP contribution in [0.5, 0.6) is 5.75 Å². The number of rotatable bonds is 8. The average Bonchev–Trinajstić information content (AvgIpc) is 2.43. The number of amides is 1. The molecule has 0 aliphatic rings. The maximum Gasteiger partial charge on any atom is 0.387 e. The molecule has 1 unspecified atom stereocenters. The Hall–Kier alpha value is -1.69. The number of nitrogens with two attached hydrogens (primary N) is 1. The van der Waals surface area contributed by atoms with E-state index in [1.54, 1.807) is 18.2 Å². The van der Waals surface area contributed by atoms with Crippen LogP contribution < -0.4 is 15.8 Å². The summed E-state index contributed by atoms with van der Waals surface area (Å²) < 4.78 is 28.9. The monoisotopic (exact) mass is 286 g/mol. The number of benzene rings is 1. The number of carbonyl (C=O) groups excluding carboxylic acids is 1. The summed E-state index contributed by atoms with van der Waals surface area (Å²) in [7, 11) is 0. The molecule has 112 valence electrons. The van der Waals surface area contributed by atoms with Crippen LogP contribution in [0.3, 0.4) is 0 Å². The molecule has 6 heteroatoms. The number of hydrogen-bond donors (Lipinski definition) is 2. The van der Waals surface area contributed by atoms with Crippen molar-refractivity contribution in [1.82, 2.24) is 5.32 Å². The van der Waals surface area contributed by atoms with E-state index < -0.39 is 6.61 Å². The highest BCUT2D eigenvalue weighted by molar-refractivity contribution is 5.76. The van der Waals surface area contributed by atoms with E-state index in [0.717, 1.165) is 6.42 Å². The van der Waals surface area contributed by atoms with Crippen molar-refractivity contribution < 1.29 is 18.3 Å². The summed E-state index contributed by atoms with van der Waals surface area (Å²) >= 11 is 0. The highest BCUT2D eigenvalue weighted by atomic mass is 19.3. The number of hydrogen-bond acceptors (Lipinski definition) is 3. The van der Waals surface area contributed by atoms with Crippen LogP contribution >= 0.6 is 0 Å². The summed E-state index contributed by atoms with van der Waals surface area (Å²) in [4.78, 5) is 11.7. The Morgan fingerprint density at radius 1 is 1.40 bits per heavy atom. The zero-order valence-electron chi connectivity index (χ0n) is 11.4. The molecule has 1 aromatic carbocycles. The van der Waals surface area contributed by atoms with E-state index in [1.165, 1.54) is 6.07 Å². The first-order valence-electron chi connectivity index (χ1n) is 6.56. The largest absolute Gasteiger partial charge is 0.434 e. The molecule has 0 heterocycles. The molecule has 0 saturated carbocycles. The van der Waals surface area contributed by atoms with Gasteiger partial charge in [0.2, 0.25) is 5.91 Å². The molecule has 0 aliphatic heterocycles. The molecule has 1 amide bonds. The Kier molecular flexibility index (Phi) is 6.93. The lowest BCUT2D eigenvalue weighted by molar-refractivity contribution is -0.122. The predicted molar refractivity (Wildman–Crippen MR) is 72.4 cm³/mol. The summed E-state index contributed by atoms with van der Waals surface area (Å²) in [5.74, 6) is 0.0744. The molecule has 20 heavy (non-hydrogen) atoms. The number of alkyl halides is 2. The van der Waals surface area contributed by atoms with Gasteiger partial charge < -0.3 is 15.8 Å². The molecule has 3 N–H and O–H groups in total. The lowest BCUT2D eigenvalue weighted by Gasteiger charge is -2.14. The quantitative estimate of drug-likeness (QED) is 0.770. The van der Waals surface area contributed by atoms with E-state index >= 15 is 0 Å². The lowest BCUT2D eigenvalue weighted by Crippen LogP contribution is -2.27. The zero-order valence-corrected chi connectivity index (χ0v) is 11.4. The molecule has 0 spiro atoms. The van der Waals surface area contributed by atoms with Crippen molar-refractivity contribution in [3.8, 4) is 5.75 Å². The fraction of sp³-hybridized carbons (Fsp3) is 0.500. The van der Waals surface area contributed by atoms with Crippen LogP contribution in [0, 0.1) is 5.92 Å². The Morgan fingerprint density at radius 2 is 2.10 bits per heavy atom. The van der Waals surface area contributed by atoms with E-state index in [9.17, 15) is 13.6 Å². The van der Waals surface area contributed by atoms with Crippen LogP contribution in [0.4, 0.5) is 8.78 Å². The smallest absolute Gasteiger partial charge is 0.387 e. The van der Waals surface area contributed by atoms with Crippen molar-refractivity contribution in [3.63, 3.8) is 0 Å². The van der Waals surface area contributed by atoms with Gasteiger partial charge in [-0.25, -0.2) is 0 Å². The molecule has 0 fully saturated rings. The van der Waals surface area contributed by atoms with Crippen LogP contribution in [0.1, 0.15) is 25.3 Å². The molecule has 0 aromatic heterocycles. The van der Waals surface area contributed by atoms with Gasteiger partial charge in [0.25, 0.3) is 0 Å². The molecular weight excluding hydrogens is 266 g/mol. The number of para-hydroxylation sites is 1. The fourth-order valence-electron chi connectivity index (χ4n) is 1.78. The molecule has 0 radical (unpaired) electrons. The maximum atomic E-state index is 12.2. The first-order chi connectivity index (χ1) is 9.56. The summed E-state index contributed by atoms with van der Waals surface area (Å²) in [6, 6.07) is 6.39. The van der Waals surface area contributed by atoms with E-state index in [1.807, 2.05) is 6.92 Å². The van der Waals surface area contributed by atoms with Gasteiger partial charge in [-0.2, -0.15) is 8.78 Å². The van der Waals surface area contributed by atoms with Crippen LogP contribution in [0.15, 0.2) is 24.3 Å². The highest BCUT2D eigenvalue weighted by Crippen LogP contribution is 2.20. The molecule has 0 saturated heterocycles. The first kappa shape index (κ1) is 16.4. The normalized spacial score (nSPS) is 12.2. The third-order valence-electron chi connectivity index (χ3n) is 3.05. The van der Waals surface area contributed by atoms with Crippen LogP contribution in [0.25, 0.3) is 0 Å². The third kappa shape index (κ3) is 5.52.